The smallest absolute Gasteiger partial charge is 0.0224 e. The molecule has 2 aliphatic heterocycles. The molecule has 15 heavy (non-hydrogen) atoms. The van der Waals surface area contributed by atoms with Crippen molar-refractivity contribution in [1.29, 1.82) is 0 Å². The molecule has 2 fully saturated rings. The molecule has 0 aromatic heterocycles. The van der Waals surface area contributed by atoms with E-state index in [-0.39, 0.29) is 0 Å². The molecule has 0 saturated carbocycles. The molecule has 0 radical (unpaired) electrons. The normalized spacial score (nSPS) is 35.4. The molecule has 0 amide bonds. The van der Waals surface area contributed by atoms with Gasteiger partial charge < -0.3 is 5.73 Å². The molecule has 0 aliphatic carbocycles. The summed E-state index contributed by atoms with van der Waals surface area (Å²) < 4.78 is 0. The van der Waals surface area contributed by atoms with Crippen LogP contribution in [0.2, 0.25) is 0 Å². The lowest BCUT2D eigenvalue weighted by molar-refractivity contribution is 0.0578. The van der Waals surface area contributed by atoms with Gasteiger partial charge in [-0.25, -0.2) is 0 Å². The van der Waals surface area contributed by atoms with Gasteiger partial charge in [-0.1, -0.05) is 0 Å². The first kappa shape index (κ1) is 11.4. The van der Waals surface area contributed by atoms with Gasteiger partial charge in [0.2, 0.25) is 0 Å². The van der Waals surface area contributed by atoms with Gasteiger partial charge in [0.05, 0.1) is 0 Å². The van der Waals surface area contributed by atoms with Crippen molar-refractivity contribution in [1.82, 2.24) is 9.80 Å². The number of piperazine rings is 1. The highest BCUT2D eigenvalue weighted by Gasteiger charge is 2.33. The standard InChI is InChI=1S/C12H25N3/c1-10(13)5-7-14-9-12-4-3-6-15(12)8-11(14)2/h10-12H,3-9,13H2,1-2H3. The van der Waals surface area contributed by atoms with Gasteiger partial charge in [0.1, 0.15) is 0 Å². The highest BCUT2D eigenvalue weighted by molar-refractivity contribution is 4.90. The van der Waals surface area contributed by atoms with Crippen molar-refractivity contribution in [3.8, 4) is 0 Å². The predicted molar refractivity (Wildman–Crippen MR) is 63.9 cm³/mol. The zero-order chi connectivity index (χ0) is 10.8. The van der Waals surface area contributed by atoms with E-state index in [1.54, 1.807) is 0 Å². The van der Waals surface area contributed by atoms with Gasteiger partial charge in [0, 0.05) is 31.2 Å². The number of fused-ring (bicyclic) bond motifs is 1. The second-order valence-electron chi connectivity index (χ2n) is 5.40. The maximum atomic E-state index is 5.82. The van der Waals surface area contributed by atoms with Gasteiger partial charge >= 0.3 is 0 Å². The molecule has 0 aromatic rings. The van der Waals surface area contributed by atoms with Crippen molar-refractivity contribution in [2.45, 2.75) is 51.2 Å². The van der Waals surface area contributed by atoms with E-state index in [0.29, 0.717) is 6.04 Å². The Kier molecular flexibility index (Phi) is 3.65. The van der Waals surface area contributed by atoms with E-state index in [4.69, 9.17) is 5.73 Å². The number of hydrogen-bond acceptors (Lipinski definition) is 3. The van der Waals surface area contributed by atoms with Crippen molar-refractivity contribution in [3.05, 3.63) is 0 Å². The number of nitrogens with zero attached hydrogens (tertiary/aromatic N) is 2. The molecule has 0 bridgehead atoms. The first-order valence-electron chi connectivity index (χ1n) is 6.40. The number of rotatable bonds is 3. The molecule has 3 nitrogen and oxygen atoms in total. The van der Waals surface area contributed by atoms with Crippen LogP contribution in [0.4, 0.5) is 0 Å². The SMILES string of the molecule is CC(N)CCN1CC2CCCN2CC1C. The summed E-state index contributed by atoms with van der Waals surface area (Å²) in [5, 5.41) is 0. The summed E-state index contributed by atoms with van der Waals surface area (Å²) in [6.45, 7) is 9.52. The van der Waals surface area contributed by atoms with Crippen LogP contribution in [0.25, 0.3) is 0 Å². The summed E-state index contributed by atoms with van der Waals surface area (Å²) in [5.74, 6) is 0. The lowest BCUT2D eigenvalue weighted by Gasteiger charge is -2.42. The minimum atomic E-state index is 0.346. The maximum absolute atomic E-state index is 5.82. The Morgan fingerprint density at radius 1 is 1.40 bits per heavy atom. The Bertz CT molecular complexity index is 205. The fraction of sp³-hybridized carbons (Fsp3) is 1.00. The van der Waals surface area contributed by atoms with Crippen molar-refractivity contribution < 1.29 is 0 Å². The van der Waals surface area contributed by atoms with Crippen LogP contribution in [-0.4, -0.2) is 54.1 Å². The second-order valence-corrected chi connectivity index (χ2v) is 5.40. The first-order valence-corrected chi connectivity index (χ1v) is 6.40. The molecule has 2 saturated heterocycles. The van der Waals surface area contributed by atoms with Crippen LogP contribution < -0.4 is 5.73 Å². The first-order chi connectivity index (χ1) is 7.16. The highest BCUT2D eigenvalue weighted by atomic mass is 15.3. The Hall–Kier alpha value is -0.120. The molecule has 3 atom stereocenters. The van der Waals surface area contributed by atoms with E-state index in [2.05, 4.69) is 23.6 Å². The van der Waals surface area contributed by atoms with Crippen LogP contribution in [0.1, 0.15) is 33.1 Å². The van der Waals surface area contributed by atoms with Gasteiger partial charge in [-0.05, 0) is 46.2 Å². The van der Waals surface area contributed by atoms with Gasteiger partial charge in [0.15, 0.2) is 0 Å². The van der Waals surface area contributed by atoms with Crippen LogP contribution in [0.5, 0.6) is 0 Å². The third kappa shape index (κ3) is 2.71. The van der Waals surface area contributed by atoms with Crippen LogP contribution in [-0.2, 0) is 0 Å². The van der Waals surface area contributed by atoms with Crippen LogP contribution in [0, 0.1) is 0 Å². The van der Waals surface area contributed by atoms with E-state index in [9.17, 15) is 0 Å². The summed E-state index contributed by atoms with van der Waals surface area (Å²) in [6.07, 6.45) is 3.94. The third-order valence-electron chi connectivity index (χ3n) is 3.94. The molecule has 88 valence electrons. The third-order valence-corrected chi connectivity index (χ3v) is 3.94. The van der Waals surface area contributed by atoms with E-state index in [1.807, 2.05) is 0 Å². The quantitative estimate of drug-likeness (QED) is 0.752. The second kappa shape index (κ2) is 4.81. The van der Waals surface area contributed by atoms with Crippen LogP contribution >= 0.6 is 0 Å². The number of hydrogen-bond donors (Lipinski definition) is 1. The van der Waals surface area contributed by atoms with E-state index < -0.39 is 0 Å². The molecule has 3 heteroatoms. The monoisotopic (exact) mass is 211 g/mol. The molecule has 3 unspecified atom stereocenters. The maximum Gasteiger partial charge on any atom is 0.0224 e. The Balaban J connectivity index is 1.84. The van der Waals surface area contributed by atoms with Gasteiger partial charge in [-0.3, -0.25) is 9.80 Å². The Morgan fingerprint density at radius 2 is 2.20 bits per heavy atom. The van der Waals surface area contributed by atoms with E-state index in [0.717, 1.165) is 18.5 Å². The van der Waals surface area contributed by atoms with Crippen molar-refractivity contribution >= 4 is 0 Å². The summed E-state index contributed by atoms with van der Waals surface area (Å²) in [6, 6.07) is 1.91. The highest BCUT2D eigenvalue weighted by Crippen LogP contribution is 2.24. The Labute approximate surface area is 93.6 Å². The van der Waals surface area contributed by atoms with Crippen LogP contribution in [0.3, 0.4) is 0 Å². The van der Waals surface area contributed by atoms with Crippen molar-refractivity contribution in [2.75, 3.05) is 26.2 Å². The van der Waals surface area contributed by atoms with Crippen LogP contribution in [0.15, 0.2) is 0 Å². The van der Waals surface area contributed by atoms with Gasteiger partial charge in [0.25, 0.3) is 0 Å². The predicted octanol–water partition coefficient (Wildman–Crippen LogP) is 0.892. The zero-order valence-electron chi connectivity index (χ0n) is 10.2. The van der Waals surface area contributed by atoms with E-state index >= 15 is 0 Å². The minimum absolute atomic E-state index is 0.346. The van der Waals surface area contributed by atoms with Gasteiger partial charge in [-0.2, -0.15) is 0 Å². The number of nitrogens with two attached hydrogens (primary N) is 1. The zero-order valence-corrected chi connectivity index (χ0v) is 10.2. The largest absolute Gasteiger partial charge is 0.328 e. The summed E-state index contributed by atoms with van der Waals surface area (Å²) in [4.78, 5) is 5.31. The van der Waals surface area contributed by atoms with Gasteiger partial charge in [-0.15, -0.1) is 0 Å². The average molecular weight is 211 g/mol. The van der Waals surface area contributed by atoms with E-state index in [1.165, 1.54) is 39.0 Å². The average Bonchev–Trinajstić information content (AvgIpc) is 2.60. The molecular weight excluding hydrogens is 186 g/mol. The molecule has 2 rings (SSSR count). The minimum Gasteiger partial charge on any atom is -0.328 e. The van der Waals surface area contributed by atoms with Crippen molar-refractivity contribution in [2.24, 2.45) is 5.73 Å². The fourth-order valence-electron chi connectivity index (χ4n) is 2.93. The lowest BCUT2D eigenvalue weighted by Crippen LogP contribution is -2.55. The molecule has 2 N–H and O–H groups in total. The topological polar surface area (TPSA) is 32.5 Å². The summed E-state index contributed by atoms with van der Waals surface area (Å²) >= 11 is 0. The van der Waals surface area contributed by atoms with Crippen molar-refractivity contribution in [3.63, 3.8) is 0 Å². The fourth-order valence-corrected chi connectivity index (χ4v) is 2.93. The molecule has 2 aliphatic rings. The molecule has 0 aromatic carbocycles. The molecular formula is C12H25N3. The lowest BCUT2D eigenvalue weighted by atomic mass is 10.1. The molecule has 0 spiro atoms. The molecule has 2 heterocycles. The summed E-state index contributed by atoms with van der Waals surface area (Å²) in [7, 11) is 0. The Morgan fingerprint density at radius 3 is 2.93 bits per heavy atom. The summed E-state index contributed by atoms with van der Waals surface area (Å²) in [5.41, 5.74) is 5.82.